The van der Waals surface area contributed by atoms with Crippen molar-refractivity contribution in [1.29, 1.82) is 0 Å². The number of nitrogens with zero attached hydrogens (tertiary/aromatic N) is 2. The number of sulfonamides is 1. The SMILES string of the molecule is Cc1ccc(NS(=O)(=O)c2ccc(OCC(=O)N3CCN(c4ccc(F)cc4)CC3)c(Cl)c2)cc1. The third-order valence-electron chi connectivity index (χ3n) is 5.69. The van der Waals surface area contributed by atoms with Crippen LogP contribution in [0.25, 0.3) is 0 Å². The molecule has 3 aromatic carbocycles. The summed E-state index contributed by atoms with van der Waals surface area (Å²) in [5, 5.41) is 0.0886. The van der Waals surface area contributed by atoms with Crippen LogP contribution in [0.5, 0.6) is 5.75 Å². The molecule has 4 rings (SSSR count). The zero-order valence-electron chi connectivity index (χ0n) is 19.1. The highest BCUT2D eigenvalue weighted by Crippen LogP contribution is 2.28. The van der Waals surface area contributed by atoms with Crippen LogP contribution in [0.1, 0.15) is 5.56 Å². The fourth-order valence-electron chi connectivity index (χ4n) is 3.70. The first-order valence-corrected chi connectivity index (χ1v) is 12.9. The molecule has 0 aliphatic carbocycles. The summed E-state index contributed by atoms with van der Waals surface area (Å²) in [5.41, 5.74) is 2.37. The summed E-state index contributed by atoms with van der Waals surface area (Å²) in [5.74, 6) is -0.261. The number of amides is 1. The van der Waals surface area contributed by atoms with E-state index in [1.165, 1.54) is 30.3 Å². The number of halogens is 2. The van der Waals surface area contributed by atoms with Gasteiger partial charge in [0.25, 0.3) is 15.9 Å². The molecule has 1 aliphatic heterocycles. The van der Waals surface area contributed by atoms with E-state index in [9.17, 15) is 17.6 Å². The minimum Gasteiger partial charge on any atom is -0.482 e. The summed E-state index contributed by atoms with van der Waals surface area (Å²) in [6.45, 7) is 3.96. The molecule has 1 aliphatic rings. The molecular weight excluding hydrogens is 493 g/mol. The molecule has 0 atom stereocenters. The van der Waals surface area contributed by atoms with Crippen molar-refractivity contribution in [2.75, 3.05) is 42.4 Å². The Bertz CT molecular complexity index is 1290. The zero-order valence-corrected chi connectivity index (χ0v) is 20.7. The predicted octanol–water partition coefficient (Wildman–Crippen LogP) is 4.32. The number of hydrogen-bond donors (Lipinski definition) is 1. The number of ether oxygens (including phenoxy) is 1. The largest absolute Gasteiger partial charge is 0.482 e. The highest BCUT2D eigenvalue weighted by Gasteiger charge is 2.22. The molecule has 3 aromatic rings. The van der Waals surface area contributed by atoms with Crippen LogP contribution in [0.4, 0.5) is 15.8 Å². The molecule has 0 radical (unpaired) electrons. The van der Waals surface area contributed by atoms with Crippen LogP contribution >= 0.6 is 11.6 Å². The lowest BCUT2D eigenvalue weighted by Crippen LogP contribution is -2.50. The van der Waals surface area contributed by atoms with Gasteiger partial charge < -0.3 is 14.5 Å². The Kier molecular flexibility index (Phi) is 7.47. The standard InChI is InChI=1S/C25H25ClFN3O4S/c1-18-2-6-20(7-3-18)28-35(32,33)22-10-11-24(23(26)16-22)34-17-25(31)30-14-12-29(13-15-30)21-8-4-19(27)5-9-21/h2-11,16,28H,12-15,17H2,1H3. The van der Waals surface area contributed by atoms with E-state index in [4.69, 9.17) is 16.3 Å². The topological polar surface area (TPSA) is 78.9 Å². The Balaban J connectivity index is 1.31. The van der Waals surface area contributed by atoms with Gasteiger partial charge >= 0.3 is 0 Å². The molecule has 0 unspecified atom stereocenters. The van der Waals surface area contributed by atoms with E-state index >= 15 is 0 Å². The van der Waals surface area contributed by atoms with Crippen LogP contribution in [-0.2, 0) is 14.8 Å². The molecule has 0 bridgehead atoms. The maximum atomic E-state index is 13.1. The van der Waals surface area contributed by atoms with Crippen LogP contribution < -0.4 is 14.4 Å². The Morgan fingerprint density at radius 3 is 2.29 bits per heavy atom. The molecule has 1 saturated heterocycles. The van der Waals surface area contributed by atoms with Crippen LogP contribution in [-0.4, -0.2) is 52.0 Å². The summed E-state index contributed by atoms with van der Waals surface area (Å²) in [4.78, 5) is 16.4. The fourth-order valence-corrected chi connectivity index (χ4v) is 5.08. The summed E-state index contributed by atoms with van der Waals surface area (Å²) < 4.78 is 46.6. The highest BCUT2D eigenvalue weighted by molar-refractivity contribution is 7.92. The molecule has 1 amide bonds. The predicted molar refractivity (Wildman–Crippen MR) is 134 cm³/mol. The minimum atomic E-state index is -3.84. The molecule has 1 heterocycles. The molecule has 1 fully saturated rings. The molecule has 0 aromatic heterocycles. The van der Waals surface area contributed by atoms with E-state index in [0.717, 1.165) is 11.3 Å². The first-order chi connectivity index (χ1) is 16.7. The second-order valence-corrected chi connectivity index (χ2v) is 10.3. The maximum absolute atomic E-state index is 13.1. The summed E-state index contributed by atoms with van der Waals surface area (Å²) in [6.07, 6.45) is 0. The van der Waals surface area contributed by atoms with Gasteiger partial charge in [-0.3, -0.25) is 9.52 Å². The van der Waals surface area contributed by atoms with Crippen LogP contribution in [0.15, 0.2) is 71.6 Å². The lowest BCUT2D eigenvalue weighted by atomic mass is 10.2. The van der Waals surface area contributed by atoms with E-state index in [-0.39, 0.29) is 34.0 Å². The Morgan fingerprint density at radius 2 is 1.66 bits per heavy atom. The number of benzene rings is 3. The second kappa shape index (κ2) is 10.5. The van der Waals surface area contributed by atoms with Gasteiger partial charge in [-0.05, 0) is 61.5 Å². The molecule has 0 spiro atoms. The van der Waals surface area contributed by atoms with Crippen molar-refractivity contribution in [1.82, 2.24) is 4.90 Å². The van der Waals surface area contributed by atoms with Gasteiger partial charge in [0.15, 0.2) is 6.61 Å². The Hall–Kier alpha value is -3.30. The molecule has 7 nitrogen and oxygen atoms in total. The highest BCUT2D eigenvalue weighted by atomic mass is 35.5. The molecular formula is C25H25ClFN3O4S. The normalized spacial score (nSPS) is 14.0. The lowest BCUT2D eigenvalue weighted by Gasteiger charge is -2.36. The smallest absolute Gasteiger partial charge is 0.261 e. The number of piperazine rings is 1. The Labute approximate surface area is 209 Å². The van der Waals surface area contributed by atoms with Crippen molar-refractivity contribution in [3.63, 3.8) is 0 Å². The minimum absolute atomic E-state index is 0.0151. The van der Waals surface area contributed by atoms with Gasteiger partial charge in [0.1, 0.15) is 11.6 Å². The number of aryl methyl sites for hydroxylation is 1. The summed E-state index contributed by atoms with van der Waals surface area (Å²) in [6, 6.07) is 17.3. The van der Waals surface area contributed by atoms with E-state index < -0.39 is 10.0 Å². The van der Waals surface area contributed by atoms with Gasteiger partial charge in [-0.2, -0.15) is 0 Å². The first kappa shape index (κ1) is 24.8. The number of carbonyl (C=O) groups excluding carboxylic acids is 1. The van der Waals surface area contributed by atoms with Crippen molar-refractivity contribution in [2.24, 2.45) is 0 Å². The van der Waals surface area contributed by atoms with Crippen molar-refractivity contribution < 1.29 is 22.3 Å². The average Bonchev–Trinajstić information content (AvgIpc) is 2.85. The van der Waals surface area contributed by atoms with E-state index in [1.54, 1.807) is 41.3 Å². The maximum Gasteiger partial charge on any atom is 0.261 e. The fraction of sp³-hybridized carbons (Fsp3) is 0.240. The van der Waals surface area contributed by atoms with Crippen LogP contribution in [0.2, 0.25) is 5.02 Å². The second-order valence-electron chi connectivity index (χ2n) is 8.20. The molecule has 184 valence electrons. The van der Waals surface area contributed by atoms with Gasteiger partial charge in [-0.25, -0.2) is 12.8 Å². The third kappa shape index (κ3) is 6.23. The first-order valence-electron chi connectivity index (χ1n) is 11.0. The van der Waals surface area contributed by atoms with Crippen molar-refractivity contribution in [3.05, 3.63) is 83.1 Å². The number of anilines is 2. The third-order valence-corrected chi connectivity index (χ3v) is 7.37. The molecule has 10 heteroatoms. The van der Waals surface area contributed by atoms with Gasteiger partial charge in [0.2, 0.25) is 0 Å². The van der Waals surface area contributed by atoms with Crippen molar-refractivity contribution in [2.45, 2.75) is 11.8 Å². The lowest BCUT2D eigenvalue weighted by molar-refractivity contribution is -0.133. The zero-order chi connectivity index (χ0) is 25.0. The number of hydrogen-bond acceptors (Lipinski definition) is 5. The Morgan fingerprint density at radius 1 is 1.00 bits per heavy atom. The van der Waals surface area contributed by atoms with Gasteiger partial charge in [0.05, 0.1) is 9.92 Å². The monoisotopic (exact) mass is 517 g/mol. The van der Waals surface area contributed by atoms with Crippen LogP contribution in [0.3, 0.4) is 0 Å². The van der Waals surface area contributed by atoms with Gasteiger partial charge in [-0.1, -0.05) is 29.3 Å². The summed E-state index contributed by atoms with van der Waals surface area (Å²) >= 11 is 6.25. The van der Waals surface area contributed by atoms with Crippen LogP contribution in [0, 0.1) is 12.7 Å². The van der Waals surface area contributed by atoms with Crippen molar-refractivity contribution >= 4 is 38.9 Å². The van der Waals surface area contributed by atoms with E-state index in [1.807, 2.05) is 6.92 Å². The number of rotatable bonds is 7. The van der Waals surface area contributed by atoms with E-state index in [2.05, 4.69) is 9.62 Å². The average molecular weight is 518 g/mol. The quantitative estimate of drug-likeness (QED) is 0.505. The number of nitrogens with one attached hydrogen (secondary N) is 1. The molecule has 1 N–H and O–H groups in total. The van der Waals surface area contributed by atoms with Gasteiger partial charge in [-0.15, -0.1) is 0 Å². The summed E-state index contributed by atoms with van der Waals surface area (Å²) in [7, 11) is -3.84. The van der Waals surface area contributed by atoms with E-state index in [0.29, 0.717) is 31.9 Å². The molecule has 0 saturated carbocycles. The molecule has 35 heavy (non-hydrogen) atoms. The number of carbonyl (C=O) groups is 1. The van der Waals surface area contributed by atoms with Crippen molar-refractivity contribution in [3.8, 4) is 5.75 Å². The van der Waals surface area contributed by atoms with Gasteiger partial charge in [0, 0.05) is 37.6 Å².